The Bertz CT molecular complexity index is 37.3. The Labute approximate surface area is 53.3 Å². The molecule has 0 aromatic carbocycles. The maximum Gasteiger partial charge on any atom is -0.0358 e. The second kappa shape index (κ2) is 5.14. The molecule has 0 fully saturated rings. The Balaban J connectivity index is 2.72. The monoisotopic (exact) mass is 112 g/mol. The molecule has 0 bridgehead atoms. The topological polar surface area (TPSA) is 0 Å². The fraction of sp³-hybridized carbons (Fsp3) is 0.750. The van der Waals surface area contributed by atoms with Gasteiger partial charge >= 0.3 is 0 Å². The zero-order valence-electron chi connectivity index (χ0n) is 5.98. The summed E-state index contributed by atoms with van der Waals surface area (Å²) in [6.45, 7) is 8.19. The highest BCUT2D eigenvalue weighted by Gasteiger charge is 1.91. The van der Waals surface area contributed by atoms with Crippen LogP contribution in [0.1, 0.15) is 33.1 Å². The van der Waals surface area contributed by atoms with Gasteiger partial charge in [0.2, 0.25) is 0 Å². The summed E-state index contributed by atoms with van der Waals surface area (Å²) < 4.78 is 0. The molecule has 0 heteroatoms. The third-order valence-electron chi connectivity index (χ3n) is 1.13. The van der Waals surface area contributed by atoms with E-state index in [9.17, 15) is 0 Å². The summed E-state index contributed by atoms with van der Waals surface area (Å²) in [5.41, 5.74) is 0. The third kappa shape index (κ3) is 6.00. The third-order valence-corrected chi connectivity index (χ3v) is 1.13. The first-order valence-electron chi connectivity index (χ1n) is 3.43. The predicted octanol–water partition coefficient (Wildman–Crippen LogP) is 2.85. The van der Waals surface area contributed by atoms with Gasteiger partial charge in [-0.05, 0) is 18.8 Å². The number of hydrogen-bond acceptors (Lipinski definition) is 0. The molecule has 1 atom stereocenters. The largest absolute Gasteiger partial charge is 0.0654 e. The van der Waals surface area contributed by atoms with E-state index in [1.807, 2.05) is 0 Å². The summed E-state index contributed by atoms with van der Waals surface area (Å²) >= 11 is 0. The second-order valence-electron chi connectivity index (χ2n) is 2.36. The van der Waals surface area contributed by atoms with Gasteiger partial charge in [-0.2, -0.15) is 0 Å². The van der Waals surface area contributed by atoms with Gasteiger partial charge in [0.1, 0.15) is 0 Å². The molecule has 0 spiro atoms. The highest BCUT2D eigenvalue weighted by atomic mass is 14.0. The minimum absolute atomic E-state index is 0.529. The highest BCUT2D eigenvalue weighted by molar-refractivity contribution is 4.73. The minimum Gasteiger partial charge on any atom is -0.0654 e. The maximum atomic E-state index is 3.85. The summed E-state index contributed by atoms with van der Waals surface area (Å²) in [6.07, 6.45) is 6.12. The van der Waals surface area contributed by atoms with Crippen LogP contribution in [0.4, 0.5) is 0 Å². The van der Waals surface area contributed by atoms with Gasteiger partial charge < -0.3 is 0 Å². The van der Waals surface area contributed by atoms with Crippen molar-refractivity contribution in [2.45, 2.75) is 33.1 Å². The first kappa shape index (κ1) is 8.00. The van der Waals surface area contributed by atoms with Gasteiger partial charge in [0.05, 0.1) is 0 Å². The average Bonchev–Trinajstić information content (AvgIpc) is 1.66. The zero-order chi connectivity index (χ0) is 6.41. The maximum absolute atomic E-state index is 3.85. The molecule has 0 aromatic rings. The molecule has 0 nitrogen and oxygen atoms in total. The summed E-state index contributed by atoms with van der Waals surface area (Å²) in [6, 6.07) is 0. The van der Waals surface area contributed by atoms with E-state index in [2.05, 4.69) is 27.2 Å². The van der Waals surface area contributed by atoms with Gasteiger partial charge in [0.25, 0.3) is 0 Å². The SMILES string of the molecule is [CH2]C(C)[CH]CCCC. The lowest BCUT2D eigenvalue weighted by Gasteiger charge is -1.99. The standard InChI is InChI=1S/C8H16/c1-4-5-6-7-8(2)3/h7-8H,2,4-6H2,1,3H3. The van der Waals surface area contributed by atoms with E-state index in [-0.39, 0.29) is 0 Å². The lowest BCUT2D eigenvalue weighted by atomic mass is 10.1. The molecule has 48 valence electrons. The lowest BCUT2D eigenvalue weighted by molar-refractivity contribution is 0.704. The van der Waals surface area contributed by atoms with E-state index in [1.165, 1.54) is 19.3 Å². The number of rotatable bonds is 4. The second-order valence-corrected chi connectivity index (χ2v) is 2.36. The van der Waals surface area contributed by atoms with Crippen LogP contribution in [0, 0.1) is 19.3 Å². The molecule has 0 aromatic heterocycles. The molecule has 0 aliphatic rings. The molecular formula is C8H16. The van der Waals surface area contributed by atoms with Crippen LogP contribution in [-0.4, -0.2) is 0 Å². The first-order valence-corrected chi connectivity index (χ1v) is 3.43. The summed E-state index contributed by atoms with van der Waals surface area (Å²) in [7, 11) is 0. The summed E-state index contributed by atoms with van der Waals surface area (Å²) in [5.74, 6) is 0.529. The van der Waals surface area contributed by atoms with Gasteiger partial charge in [-0.1, -0.05) is 33.6 Å². The van der Waals surface area contributed by atoms with E-state index in [1.54, 1.807) is 0 Å². The van der Waals surface area contributed by atoms with Crippen molar-refractivity contribution in [2.75, 3.05) is 0 Å². The molecule has 0 saturated heterocycles. The van der Waals surface area contributed by atoms with Gasteiger partial charge in [-0.3, -0.25) is 0 Å². The fourth-order valence-corrected chi connectivity index (χ4v) is 0.606. The van der Waals surface area contributed by atoms with Crippen LogP contribution in [0.15, 0.2) is 0 Å². The van der Waals surface area contributed by atoms with Crippen molar-refractivity contribution in [2.24, 2.45) is 5.92 Å². The molecule has 0 rings (SSSR count). The Morgan fingerprint density at radius 3 is 2.62 bits per heavy atom. The van der Waals surface area contributed by atoms with Crippen molar-refractivity contribution in [1.29, 1.82) is 0 Å². The molecule has 0 aliphatic carbocycles. The number of unbranched alkanes of at least 4 members (excludes halogenated alkanes) is 2. The lowest BCUT2D eigenvalue weighted by Crippen LogP contribution is -1.87. The van der Waals surface area contributed by atoms with Crippen LogP contribution in [0.2, 0.25) is 0 Å². The molecule has 2 radical (unpaired) electrons. The van der Waals surface area contributed by atoms with Crippen LogP contribution in [0.3, 0.4) is 0 Å². The van der Waals surface area contributed by atoms with E-state index in [4.69, 9.17) is 0 Å². The fourth-order valence-electron chi connectivity index (χ4n) is 0.606. The zero-order valence-corrected chi connectivity index (χ0v) is 5.98. The quantitative estimate of drug-likeness (QED) is 0.490. The van der Waals surface area contributed by atoms with E-state index in [0.29, 0.717) is 5.92 Å². The predicted molar refractivity (Wildman–Crippen MR) is 38.3 cm³/mol. The molecule has 0 saturated carbocycles. The van der Waals surface area contributed by atoms with Crippen molar-refractivity contribution in [3.8, 4) is 0 Å². The molecular weight excluding hydrogens is 96.1 g/mol. The first-order chi connectivity index (χ1) is 3.77. The Morgan fingerprint density at radius 2 is 2.25 bits per heavy atom. The average molecular weight is 112 g/mol. The van der Waals surface area contributed by atoms with E-state index in [0.717, 1.165) is 0 Å². The molecule has 0 aliphatic heterocycles. The summed E-state index contributed by atoms with van der Waals surface area (Å²) in [5, 5.41) is 0. The molecule has 0 amide bonds. The van der Waals surface area contributed by atoms with Gasteiger partial charge in [-0.15, -0.1) is 0 Å². The molecule has 0 heterocycles. The van der Waals surface area contributed by atoms with Crippen molar-refractivity contribution >= 4 is 0 Å². The minimum atomic E-state index is 0.529. The smallest absolute Gasteiger partial charge is 0.0358 e. The normalized spacial score (nSPS) is 10.5. The molecule has 8 heavy (non-hydrogen) atoms. The molecule has 1 unspecified atom stereocenters. The van der Waals surface area contributed by atoms with E-state index < -0.39 is 0 Å². The van der Waals surface area contributed by atoms with Crippen LogP contribution >= 0.6 is 0 Å². The van der Waals surface area contributed by atoms with Gasteiger partial charge in [0, 0.05) is 0 Å². The van der Waals surface area contributed by atoms with E-state index >= 15 is 0 Å². The summed E-state index contributed by atoms with van der Waals surface area (Å²) in [4.78, 5) is 0. The number of hydrogen-bond donors (Lipinski definition) is 0. The van der Waals surface area contributed by atoms with Crippen molar-refractivity contribution < 1.29 is 0 Å². The van der Waals surface area contributed by atoms with Crippen molar-refractivity contribution in [1.82, 2.24) is 0 Å². The Morgan fingerprint density at radius 1 is 1.62 bits per heavy atom. The van der Waals surface area contributed by atoms with Gasteiger partial charge in [-0.25, -0.2) is 0 Å². The van der Waals surface area contributed by atoms with Crippen LogP contribution in [-0.2, 0) is 0 Å². The molecule has 0 N–H and O–H groups in total. The Hall–Kier alpha value is 0. The van der Waals surface area contributed by atoms with Crippen LogP contribution < -0.4 is 0 Å². The van der Waals surface area contributed by atoms with Crippen LogP contribution in [0.5, 0.6) is 0 Å². The van der Waals surface area contributed by atoms with Crippen molar-refractivity contribution in [3.63, 3.8) is 0 Å². The van der Waals surface area contributed by atoms with Gasteiger partial charge in [0.15, 0.2) is 0 Å². The van der Waals surface area contributed by atoms with Crippen LogP contribution in [0.25, 0.3) is 0 Å². The Kier molecular flexibility index (Phi) is 5.14. The van der Waals surface area contributed by atoms with Crippen molar-refractivity contribution in [3.05, 3.63) is 13.3 Å². The highest BCUT2D eigenvalue weighted by Crippen LogP contribution is 2.04.